The van der Waals surface area contributed by atoms with E-state index in [1.807, 2.05) is 35.7 Å². The van der Waals surface area contributed by atoms with E-state index in [9.17, 15) is 4.79 Å². The highest BCUT2D eigenvalue weighted by molar-refractivity contribution is 7.13. The Kier molecular flexibility index (Phi) is 3.82. The fourth-order valence-electron chi connectivity index (χ4n) is 2.96. The minimum absolute atomic E-state index is 0.420. The lowest BCUT2D eigenvalue weighted by molar-refractivity contribution is -0.115. The van der Waals surface area contributed by atoms with Crippen molar-refractivity contribution in [2.75, 3.05) is 5.32 Å². The van der Waals surface area contributed by atoms with E-state index < -0.39 is 11.9 Å². The summed E-state index contributed by atoms with van der Waals surface area (Å²) in [7, 11) is 0. The van der Waals surface area contributed by atoms with Gasteiger partial charge in [0, 0.05) is 16.3 Å². The van der Waals surface area contributed by atoms with E-state index in [1.54, 1.807) is 29.0 Å². The van der Waals surface area contributed by atoms with Gasteiger partial charge >= 0.3 is 0 Å². The molecule has 1 atom stereocenters. The summed E-state index contributed by atoms with van der Waals surface area (Å²) < 4.78 is 1.67. The molecule has 3 N–H and O–H groups in total. The molecule has 8 heteroatoms. The molecule has 3 aromatic rings. The van der Waals surface area contributed by atoms with Gasteiger partial charge in [-0.25, -0.2) is 4.68 Å². The van der Waals surface area contributed by atoms with Crippen LogP contribution in [0, 0.1) is 0 Å². The van der Waals surface area contributed by atoms with E-state index in [4.69, 9.17) is 17.3 Å². The molecule has 4 rings (SSSR count). The highest BCUT2D eigenvalue weighted by Gasteiger charge is 2.34. The minimum Gasteiger partial charge on any atom is -0.366 e. The Balaban J connectivity index is 1.93. The first-order valence-electron chi connectivity index (χ1n) is 7.58. The molecule has 3 heterocycles. The second-order valence-electron chi connectivity index (χ2n) is 5.63. The number of carbonyl (C=O) groups excluding carboxylic acids is 1. The molecule has 1 aliphatic heterocycles. The van der Waals surface area contributed by atoms with Crippen LogP contribution in [0.5, 0.6) is 0 Å². The van der Waals surface area contributed by atoms with Crippen molar-refractivity contribution in [3.63, 3.8) is 0 Å². The van der Waals surface area contributed by atoms with Crippen LogP contribution in [0.25, 0.3) is 10.7 Å². The zero-order valence-electron chi connectivity index (χ0n) is 13.2. The maximum absolute atomic E-state index is 12.1. The lowest BCUT2D eigenvalue weighted by Crippen LogP contribution is -2.32. The number of hydrogen-bond donors (Lipinski definition) is 2. The molecule has 0 aliphatic carbocycles. The number of nitrogens with zero attached hydrogens (tertiary/aromatic N) is 3. The molecule has 1 amide bonds. The minimum atomic E-state index is -0.524. The van der Waals surface area contributed by atoms with E-state index in [0.717, 1.165) is 10.4 Å². The average molecular weight is 372 g/mol. The number of benzene rings is 1. The molecule has 0 spiro atoms. The van der Waals surface area contributed by atoms with Crippen LogP contribution in [0.2, 0.25) is 5.02 Å². The molecule has 25 heavy (non-hydrogen) atoms. The second kappa shape index (κ2) is 6.02. The molecule has 0 fully saturated rings. The molecule has 0 radical (unpaired) electrons. The Morgan fingerprint density at radius 2 is 2.12 bits per heavy atom. The number of carbonyl (C=O) groups is 1. The molecule has 1 unspecified atom stereocenters. The topological polar surface area (TPSA) is 85.8 Å². The van der Waals surface area contributed by atoms with Crippen LogP contribution < -0.4 is 11.1 Å². The molecule has 126 valence electrons. The summed E-state index contributed by atoms with van der Waals surface area (Å²) in [5, 5.41) is 10.2. The van der Waals surface area contributed by atoms with E-state index in [2.05, 4.69) is 15.4 Å². The zero-order chi connectivity index (χ0) is 17.6. The summed E-state index contributed by atoms with van der Waals surface area (Å²) in [5.74, 6) is 0.623. The van der Waals surface area contributed by atoms with Crippen molar-refractivity contribution in [2.45, 2.75) is 13.0 Å². The maximum Gasteiger partial charge on any atom is 0.248 e. The molecule has 6 nitrogen and oxygen atoms in total. The standard InChI is InChI=1S/C17H14ClN5OS/c1-9-13(15(19)24)14(10-5-2-3-6-11(10)18)23-17(20-9)21-16(22-23)12-7-4-8-25-12/h2-8,14H,1H3,(H2,19,24)(H,20,21,22). The van der Waals surface area contributed by atoms with Crippen LogP contribution in [0.15, 0.2) is 53.0 Å². The average Bonchev–Trinajstić information content (AvgIpc) is 3.22. The lowest BCUT2D eigenvalue weighted by Gasteiger charge is -2.28. The van der Waals surface area contributed by atoms with Crippen molar-refractivity contribution in [1.82, 2.24) is 14.8 Å². The first kappa shape index (κ1) is 15.9. The number of aromatic nitrogens is 3. The van der Waals surface area contributed by atoms with Crippen molar-refractivity contribution in [3.8, 4) is 10.7 Å². The van der Waals surface area contributed by atoms with Gasteiger partial charge in [0.2, 0.25) is 11.9 Å². The molecule has 1 aliphatic rings. The van der Waals surface area contributed by atoms with Crippen molar-refractivity contribution in [3.05, 3.63) is 63.6 Å². The Labute approximate surface area is 152 Å². The van der Waals surface area contributed by atoms with Gasteiger partial charge in [-0.05, 0) is 24.4 Å². The predicted octanol–water partition coefficient (Wildman–Crippen LogP) is 3.43. The quantitative estimate of drug-likeness (QED) is 0.738. The van der Waals surface area contributed by atoms with Crippen molar-refractivity contribution in [2.24, 2.45) is 5.73 Å². The van der Waals surface area contributed by atoms with E-state index in [1.165, 1.54) is 0 Å². The summed E-state index contributed by atoms with van der Waals surface area (Å²) in [5.41, 5.74) is 7.47. The van der Waals surface area contributed by atoms with Crippen LogP contribution in [0.1, 0.15) is 18.5 Å². The monoisotopic (exact) mass is 371 g/mol. The number of primary amides is 1. The summed E-state index contributed by atoms with van der Waals surface area (Å²) in [6.45, 7) is 1.80. The van der Waals surface area contributed by atoms with Gasteiger partial charge in [0.05, 0.1) is 10.5 Å². The Morgan fingerprint density at radius 1 is 1.32 bits per heavy atom. The highest BCUT2D eigenvalue weighted by atomic mass is 35.5. The van der Waals surface area contributed by atoms with Crippen molar-refractivity contribution >= 4 is 34.8 Å². The number of nitrogens with two attached hydrogens (primary N) is 1. The van der Waals surface area contributed by atoms with E-state index in [-0.39, 0.29) is 0 Å². The normalized spacial score (nSPS) is 16.5. The first-order chi connectivity index (χ1) is 12.1. The van der Waals surface area contributed by atoms with Gasteiger partial charge in [-0.1, -0.05) is 35.9 Å². The van der Waals surface area contributed by atoms with Crippen molar-refractivity contribution < 1.29 is 4.79 Å². The summed E-state index contributed by atoms with van der Waals surface area (Å²) in [4.78, 5) is 17.6. The number of anilines is 1. The van der Waals surface area contributed by atoms with E-state index >= 15 is 0 Å². The van der Waals surface area contributed by atoms with Crippen LogP contribution >= 0.6 is 22.9 Å². The van der Waals surface area contributed by atoms with Gasteiger partial charge in [-0.15, -0.1) is 16.4 Å². The van der Waals surface area contributed by atoms with Crippen LogP contribution in [0.4, 0.5) is 5.95 Å². The fourth-order valence-corrected chi connectivity index (χ4v) is 3.86. The lowest BCUT2D eigenvalue weighted by atomic mass is 9.95. The van der Waals surface area contributed by atoms with Gasteiger partial charge in [0.15, 0.2) is 5.82 Å². The van der Waals surface area contributed by atoms with Crippen LogP contribution in [0.3, 0.4) is 0 Å². The number of thiophene rings is 1. The Bertz CT molecular complexity index is 992. The van der Waals surface area contributed by atoms with Crippen molar-refractivity contribution in [1.29, 1.82) is 0 Å². The third kappa shape index (κ3) is 2.61. The fraction of sp³-hybridized carbons (Fsp3) is 0.118. The van der Waals surface area contributed by atoms with Crippen LogP contribution in [-0.4, -0.2) is 20.7 Å². The second-order valence-corrected chi connectivity index (χ2v) is 6.99. The van der Waals surface area contributed by atoms with Gasteiger partial charge < -0.3 is 11.1 Å². The van der Waals surface area contributed by atoms with Crippen LogP contribution in [-0.2, 0) is 4.79 Å². The highest BCUT2D eigenvalue weighted by Crippen LogP contribution is 2.38. The molecule has 0 saturated heterocycles. The molecule has 0 saturated carbocycles. The molecule has 2 aromatic heterocycles. The van der Waals surface area contributed by atoms with Gasteiger partial charge in [-0.2, -0.15) is 4.98 Å². The third-order valence-electron chi connectivity index (χ3n) is 4.06. The largest absolute Gasteiger partial charge is 0.366 e. The third-order valence-corrected chi connectivity index (χ3v) is 5.27. The molecular formula is C17H14ClN5OS. The Morgan fingerprint density at radius 3 is 2.80 bits per heavy atom. The first-order valence-corrected chi connectivity index (χ1v) is 8.84. The number of allylic oxidation sites excluding steroid dienone is 1. The number of amides is 1. The number of rotatable bonds is 3. The predicted molar refractivity (Wildman–Crippen MR) is 98.4 cm³/mol. The number of fused-ring (bicyclic) bond motifs is 1. The molecular weight excluding hydrogens is 358 g/mol. The number of halogens is 1. The summed E-state index contributed by atoms with van der Waals surface area (Å²) >= 11 is 7.94. The SMILES string of the molecule is CC1=C(C(N)=O)C(c2ccccc2Cl)n2nc(-c3cccs3)nc2N1. The summed E-state index contributed by atoms with van der Waals surface area (Å²) in [6, 6.07) is 10.7. The van der Waals surface area contributed by atoms with Gasteiger partial charge in [-0.3, -0.25) is 4.79 Å². The Hall–Kier alpha value is -2.64. The zero-order valence-corrected chi connectivity index (χ0v) is 14.8. The molecule has 1 aromatic carbocycles. The summed E-state index contributed by atoms with van der Waals surface area (Å²) in [6.07, 6.45) is 0. The van der Waals surface area contributed by atoms with E-state index in [0.29, 0.717) is 28.1 Å². The number of nitrogens with one attached hydrogen (secondary N) is 1. The van der Waals surface area contributed by atoms with Gasteiger partial charge in [0.25, 0.3) is 0 Å². The molecule has 0 bridgehead atoms. The number of hydrogen-bond acceptors (Lipinski definition) is 5. The van der Waals surface area contributed by atoms with Gasteiger partial charge in [0.1, 0.15) is 6.04 Å². The maximum atomic E-state index is 12.1. The smallest absolute Gasteiger partial charge is 0.248 e.